The molecule has 2 heteroatoms. The zero-order valence-corrected chi connectivity index (χ0v) is 6.55. The molecule has 0 bridgehead atoms. The van der Waals surface area contributed by atoms with E-state index in [0.29, 0.717) is 6.42 Å². The molecular formula is C8H14O2. The second-order valence-corrected chi connectivity index (χ2v) is 1.95. The Bertz CT molecular complexity index is 117. The van der Waals surface area contributed by atoms with E-state index in [1.54, 1.807) is 7.11 Å². The molecule has 0 saturated heterocycles. The molecule has 0 aromatic rings. The minimum Gasteiger partial charge on any atom is -0.394 e. The van der Waals surface area contributed by atoms with Crippen LogP contribution < -0.4 is 0 Å². The fourth-order valence-electron chi connectivity index (χ4n) is 0.533. The van der Waals surface area contributed by atoms with Crippen molar-refractivity contribution in [3.05, 3.63) is 0 Å². The monoisotopic (exact) mass is 142 g/mol. The lowest BCUT2D eigenvalue weighted by Crippen LogP contribution is -2.14. The van der Waals surface area contributed by atoms with Gasteiger partial charge < -0.3 is 9.84 Å². The molecule has 0 aromatic carbocycles. The van der Waals surface area contributed by atoms with Crippen LogP contribution in [0.3, 0.4) is 0 Å². The predicted molar refractivity (Wildman–Crippen MR) is 40.6 cm³/mol. The average molecular weight is 142 g/mol. The molecule has 0 heterocycles. The molecule has 10 heavy (non-hydrogen) atoms. The van der Waals surface area contributed by atoms with Gasteiger partial charge in [-0.05, 0) is 0 Å². The van der Waals surface area contributed by atoms with Gasteiger partial charge in [-0.15, -0.1) is 11.8 Å². The number of aliphatic hydroxyl groups excluding tert-OH is 1. The Hall–Kier alpha value is -0.520. The van der Waals surface area contributed by atoms with E-state index in [0.717, 1.165) is 6.42 Å². The third-order valence-corrected chi connectivity index (χ3v) is 1.17. The number of hydrogen-bond acceptors (Lipinski definition) is 2. The highest BCUT2D eigenvalue weighted by Gasteiger charge is 2.00. The lowest BCUT2D eigenvalue weighted by molar-refractivity contribution is 0.0528. The van der Waals surface area contributed by atoms with Crippen LogP contribution in [0.25, 0.3) is 0 Å². The van der Waals surface area contributed by atoms with Crippen LogP contribution in [-0.4, -0.2) is 24.9 Å². The molecule has 0 rings (SSSR count). The summed E-state index contributed by atoms with van der Waals surface area (Å²) in [6.45, 7) is 2.04. The average Bonchev–Trinajstić information content (AvgIpc) is 1.99. The highest BCUT2D eigenvalue weighted by molar-refractivity contribution is 4.99. The third-order valence-electron chi connectivity index (χ3n) is 1.17. The van der Waals surface area contributed by atoms with E-state index in [9.17, 15) is 0 Å². The molecule has 0 aliphatic rings. The van der Waals surface area contributed by atoms with Crippen molar-refractivity contribution in [2.45, 2.75) is 25.9 Å². The van der Waals surface area contributed by atoms with Gasteiger partial charge in [0.2, 0.25) is 0 Å². The highest BCUT2D eigenvalue weighted by atomic mass is 16.5. The SMILES string of the molecule is CCC#CCC(CO)OC. The summed E-state index contributed by atoms with van der Waals surface area (Å²) in [7, 11) is 1.58. The molecule has 0 aliphatic heterocycles. The van der Waals surface area contributed by atoms with Crippen LogP contribution in [0.4, 0.5) is 0 Å². The number of methoxy groups -OCH3 is 1. The number of rotatable bonds is 3. The Labute approximate surface area is 62.2 Å². The molecule has 0 amide bonds. The van der Waals surface area contributed by atoms with Crippen molar-refractivity contribution in [1.82, 2.24) is 0 Å². The molecule has 1 unspecified atom stereocenters. The van der Waals surface area contributed by atoms with E-state index in [4.69, 9.17) is 9.84 Å². The van der Waals surface area contributed by atoms with Crippen molar-refractivity contribution in [2.24, 2.45) is 0 Å². The summed E-state index contributed by atoms with van der Waals surface area (Å²) in [5.41, 5.74) is 0. The normalized spacial score (nSPS) is 11.9. The first kappa shape index (κ1) is 9.48. The second kappa shape index (κ2) is 6.60. The van der Waals surface area contributed by atoms with Gasteiger partial charge in [0.05, 0.1) is 12.7 Å². The summed E-state index contributed by atoms with van der Waals surface area (Å²) in [4.78, 5) is 0. The van der Waals surface area contributed by atoms with Crippen LogP contribution in [0.15, 0.2) is 0 Å². The lowest BCUT2D eigenvalue weighted by Gasteiger charge is -2.06. The highest BCUT2D eigenvalue weighted by Crippen LogP contribution is 1.92. The van der Waals surface area contributed by atoms with Crippen LogP contribution in [0.1, 0.15) is 19.8 Å². The standard InChI is InChI=1S/C8H14O2/c1-3-4-5-6-8(7-9)10-2/h8-9H,3,6-7H2,1-2H3. The fourth-order valence-corrected chi connectivity index (χ4v) is 0.533. The van der Waals surface area contributed by atoms with Gasteiger partial charge in [0.25, 0.3) is 0 Å². The van der Waals surface area contributed by atoms with E-state index < -0.39 is 0 Å². The topological polar surface area (TPSA) is 29.5 Å². The molecule has 0 saturated carbocycles. The maximum absolute atomic E-state index is 8.63. The zero-order valence-electron chi connectivity index (χ0n) is 6.55. The van der Waals surface area contributed by atoms with Crippen molar-refractivity contribution >= 4 is 0 Å². The van der Waals surface area contributed by atoms with Crippen molar-refractivity contribution < 1.29 is 9.84 Å². The van der Waals surface area contributed by atoms with Gasteiger partial charge >= 0.3 is 0 Å². The predicted octanol–water partition coefficient (Wildman–Crippen LogP) is 0.797. The summed E-state index contributed by atoms with van der Waals surface area (Å²) in [6, 6.07) is 0. The molecule has 0 fully saturated rings. The van der Waals surface area contributed by atoms with Crippen LogP contribution in [0.5, 0.6) is 0 Å². The quantitative estimate of drug-likeness (QED) is 0.590. The zero-order chi connectivity index (χ0) is 7.82. The van der Waals surface area contributed by atoms with Gasteiger partial charge in [0, 0.05) is 20.0 Å². The van der Waals surface area contributed by atoms with Gasteiger partial charge in [-0.1, -0.05) is 6.92 Å². The molecule has 0 radical (unpaired) electrons. The van der Waals surface area contributed by atoms with E-state index in [-0.39, 0.29) is 12.7 Å². The van der Waals surface area contributed by atoms with Gasteiger partial charge in [-0.25, -0.2) is 0 Å². The molecule has 58 valence electrons. The van der Waals surface area contributed by atoms with E-state index >= 15 is 0 Å². The molecule has 0 aromatic heterocycles. The Morgan fingerprint density at radius 1 is 1.50 bits per heavy atom. The minimum absolute atomic E-state index is 0.0505. The van der Waals surface area contributed by atoms with Crippen molar-refractivity contribution in [1.29, 1.82) is 0 Å². The van der Waals surface area contributed by atoms with Crippen LogP contribution in [0, 0.1) is 11.8 Å². The third kappa shape index (κ3) is 4.37. The van der Waals surface area contributed by atoms with Crippen LogP contribution in [-0.2, 0) is 4.74 Å². The van der Waals surface area contributed by atoms with Gasteiger partial charge in [0.1, 0.15) is 0 Å². The first-order chi connectivity index (χ1) is 4.85. The molecular weight excluding hydrogens is 128 g/mol. The maximum atomic E-state index is 8.63. The summed E-state index contributed by atoms with van der Waals surface area (Å²) >= 11 is 0. The van der Waals surface area contributed by atoms with Gasteiger partial charge in [-0.3, -0.25) is 0 Å². The van der Waals surface area contributed by atoms with Crippen molar-refractivity contribution in [3.8, 4) is 11.8 Å². The summed E-state index contributed by atoms with van der Waals surface area (Å²) in [6.07, 6.45) is 1.38. The van der Waals surface area contributed by atoms with Gasteiger partial charge in [-0.2, -0.15) is 0 Å². The first-order valence-corrected chi connectivity index (χ1v) is 3.44. The fraction of sp³-hybridized carbons (Fsp3) is 0.750. The number of ether oxygens (including phenoxy) is 1. The summed E-state index contributed by atoms with van der Waals surface area (Å²) in [5, 5.41) is 8.63. The van der Waals surface area contributed by atoms with Gasteiger partial charge in [0.15, 0.2) is 0 Å². The van der Waals surface area contributed by atoms with E-state index in [2.05, 4.69) is 11.8 Å². The lowest BCUT2D eigenvalue weighted by atomic mass is 10.2. The summed E-state index contributed by atoms with van der Waals surface area (Å²) in [5.74, 6) is 5.81. The van der Waals surface area contributed by atoms with E-state index in [1.165, 1.54) is 0 Å². The number of aliphatic hydroxyl groups is 1. The Kier molecular flexibility index (Phi) is 6.25. The molecule has 0 aliphatic carbocycles. The first-order valence-electron chi connectivity index (χ1n) is 3.44. The largest absolute Gasteiger partial charge is 0.394 e. The Morgan fingerprint density at radius 2 is 2.20 bits per heavy atom. The molecule has 2 nitrogen and oxygen atoms in total. The Balaban J connectivity index is 3.43. The van der Waals surface area contributed by atoms with Crippen molar-refractivity contribution in [2.75, 3.05) is 13.7 Å². The molecule has 1 atom stereocenters. The molecule has 0 spiro atoms. The maximum Gasteiger partial charge on any atom is 0.0910 e. The van der Waals surface area contributed by atoms with Crippen LogP contribution in [0.2, 0.25) is 0 Å². The number of hydrogen-bond donors (Lipinski definition) is 1. The minimum atomic E-state index is -0.112. The molecule has 1 N–H and O–H groups in total. The smallest absolute Gasteiger partial charge is 0.0910 e. The summed E-state index contributed by atoms with van der Waals surface area (Å²) < 4.78 is 4.89. The van der Waals surface area contributed by atoms with Crippen LogP contribution >= 0.6 is 0 Å². The van der Waals surface area contributed by atoms with Crippen molar-refractivity contribution in [3.63, 3.8) is 0 Å². The Morgan fingerprint density at radius 3 is 2.60 bits per heavy atom. The second-order valence-electron chi connectivity index (χ2n) is 1.95. The van der Waals surface area contributed by atoms with E-state index in [1.807, 2.05) is 6.92 Å².